The molecule has 19 heavy (non-hydrogen) atoms. The van der Waals surface area contributed by atoms with Gasteiger partial charge in [-0.15, -0.1) is 0 Å². The number of hydrogen-bond acceptors (Lipinski definition) is 2. The number of carbonyl (C=O) groups is 1. The van der Waals surface area contributed by atoms with E-state index in [0.717, 1.165) is 13.1 Å². The van der Waals surface area contributed by atoms with E-state index in [0.29, 0.717) is 12.3 Å². The Labute approximate surface area is 116 Å². The van der Waals surface area contributed by atoms with Crippen LogP contribution in [0, 0.1) is 19.8 Å². The Kier molecular flexibility index (Phi) is 4.25. The second-order valence-electron chi connectivity index (χ2n) is 5.87. The molecule has 1 amide bonds. The Hall–Kier alpha value is -1.35. The highest BCUT2D eigenvalue weighted by atomic mass is 16.2. The van der Waals surface area contributed by atoms with Gasteiger partial charge in [-0.05, 0) is 32.4 Å². The summed E-state index contributed by atoms with van der Waals surface area (Å²) in [5.74, 6) is 0.779. The first-order valence-corrected chi connectivity index (χ1v) is 7.03. The van der Waals surface area contributed by atoms with Crippen LogP contribution in [0.4, 0.5) is 0 Å². The van der Waals surface area contributed by atoms with E-state index in [1.165, 1.54) is 16.7 Å². The van der Waals surface area contributed by atoms with Crippen molar-refractivity contribution in [3.05, 3.63) is 34.9 Å². The highest BCUT2D eigenvalue weighted by Gasteiger charge is 2.28. The van der Waals surface area contributed by atoms with Gasteiger partial charge in [0, 0.05) is 25.6 Å². The lowest BCUT2D eigenvalue weighted by Crippen LogP contribution is -2.35. The number of hydrogen-bond donors (Lipinski definition) is 1. The zero-order valence-corrected chi connectivity index (χ0v) is 12.4. The van der Waals surface area contributed by atoms with Crippen molar-refractivity contribution in [2.75, 3.05) is 20.1 Å². The van der Waals surface area contributed by atoms with Gasteiger partial charge in [0.2, 0.25) is 5.91 Å². The first kappa shape index (κ1) is 14.1. The molecule has 1 heterocycles. The summed E-state index contributed by atoms with van der Waals surface area (Å²) in [6.45, 7) is 8.03. The van der Waals surface area contributed by atoms with Crippen molar-refractivity contribution in [2.24, 2.45) is 5.92 Å². The van der Waals surface area contributed by atoms with Gasteiger partial charge in [0.15, 0.2) is 0 Å². The SMILES string of the molecule is CNC(CN1CC(C)CC1=O)c1cc(C)cc(C)c1. The lowest BCUT2D eigenvalue weighted by molar-refractivity contribution is -0.128. The fourth-order valence-electron chi connectivity index (χ4n) is 2.94. The number of benzene rings is 1. The van der Waals surface area contributed by atoms with Gasteiger partial charge < -0.3 is 10.2 Å². The molecular weight excluding hydrogens is 236 g/mol. The maximum Gasteiger partial charge on any atom is 0.222 e. The molecule has 0 saturated carbocycles. The van der Waals surface area contributed by atoms with Crippen LogP contribution >= 0.6 is 0 Å². The largest absolute Gasteiger partial charge is 0.340 e. The first-order valence-electron chi connectivity index (χ1n) is 7.03. The fraction of sp³-hybridized carbons (Fsp3) is 0.562. The Morgan fingerprint density at radius 2 is 1.95 bits per heavy atom. The summed E-state index contributed by atoms with van der Waals surface area (Å²) >= 11 is 0. The van der Waals surface area contributed by atoms with E-state index >= 15 is 0 Å². The van der Waals surface area contributed by atoms with Crippen LogP contribution in [0.5, 0.6) is 0 Å². The zero-order valence-electron chi connectivity index (χ0n) is 12.4. The number of nitrogens with one attached hydrogen (secondary N) is 1. The molecule has 3 heteroatoms. The van der Waals surface area contributed by atoms with Crippen molar-refractivity contribution in [3.8, 4) is 0 Å². The number of likely N-dealkylation sites (N-methyl/N-ethyl adjacent to an activating group) is 1. The van der Waals surface area contributed by atoms with Gasteiger partial charge in [-0.1, -0.05) is 36.2 Å². The summed E-state index contributed by atoms with van der Waals surface area (Å²) in [5.41, 5.74) is 3.82. The minimum absolute atomic E-state index is 0.216. The van der Waals surface area contributed by atoms with Crippen molar-refractivity contribution in [1.82, 2.24) is 10.2 Å². The molecule has 0 radical (unpaired) electrons. The van der Waals surface area contributed by atoms with Crippen molar-refractivity contribution in [2.45, 2.75) is 33.2 Å². The summed E-state index contributed by atoms with van der Waals surface area (Å²) in [5, 5.41) is 3.34. The molecule has 0 spiro atoms. The summed E-state index contributed by atoms with van der Waals surface area (Å²) in [4.78, 5) is 13.9. The van der Waals surface area contributed by atoms with Crippen molar-refractivity contribution in [3.63, 3.8) is 0 Å². The number of carbonyl (C=O) groups excluding carboxylic acids is 1. The lowest BCUT2D eigenvalue weighted by Gasteiger charge is -2.24. The fourth-order valence-corrected chi connectivity index (χ4v) is 2.94. The van der Waals surface area contributed by atoms with Crippen molar-refractivity contribution >= 4 is 5.91 Å². The molecule has 0 aliphatic carbocycles. The topological polar surface area (TPSA) is 32.3 Å². The van der Waals surface area contributed by atoms with Crippen LogP contribution in [0.1, 0.15) is 36.1 Å². The molecule has 2 unspecified atom stereocenters. The summed E-state index contributed by atoms with van der Waals surface area (Å²) in [6.07, 6.45) is 0.698. The smallest absolute Gasteiger partial charge is 0.222 e. The maximum absolute atomic E-state index is 11.9. The van der Waals surface area contributed by atoms with E-state index in [4.69, 9.17) is 0 Å². The number of likely N-dealkylation sites (tertiary alicyclic amines) is 1. The Bertz CT molecular complexity index is 450. The Morgan fingerprint density at radius 3 is 2.42 bits per heavy atom. The molecule has 2 atom stereocenters. The van der Waals surface area contributed by atoms with E-state index < -0.39 is 0 Å². The number of aryl methyl sites for hydroxylation is 2. The molecule has 1 saturated heterocycles. The molecule has 0 bridgehead atoms. The average Bonchev–Trinajstić information content (AvgIpc) is 2.63. The van der Waals surface area contributed by atoms with Gasteiger partial charge in [-0.2, -0.15) is 0 Å². The van der Waals surface area contributed by atoms with Crippen LogP contribution in [0.15, 0.2) is 18.2 Å². The molecular formula is C16H24N2O. The van der Waals surface area contributed by atoms with Crippen LogP contribution in [0.3, 0.4) is 0 Å². The standard InChI is InChI=1S/C16H24N2O/c1-11-5-12(2)7-14(6-11)15(17-4)10-18-9-13(3)8-16(18)19/h5-7,13,15,17H,8-10H2,1-4H3. The van der Waals surface area contributed by atoms with E-state index in [1.54, 1.807) is 0 Å². The van der Waals surface area contributed by atoms with Gasteiger partial charge in [0.25, 0.3) is 0 Å². The molecule has 1 aliphatic rings. The van der Waals surface area contributed by atoms with Crippen LogP contribution in [0.25, 0.3) is 0 Å². The lowest BCUT2D eigenvalue weighted by atomic mass is 10.0. The highest BCUT2D eigenvalue weighted by molar-refractivity contribution is 5.78. The van der Waals surface area contributed by atoms with Crippen LogP contribution in [-0.4, -0.2) is 30.9 Å². The van der Waals surface area contributed by atoms with Crippen molar-refractivity contribution < 1.29 is 4.79 Å². The molecule has 2 rings (SSSR count). The third kappa shape index (κ3) is 3.35. The zero-order chi connectivity index (χ0) is 14.0. The quantitative estimate of drug-likeness (QED) is 0.902. The summed E-state index contributed by atoms with van der Waals surface area (Å²) < 4.78 is 0. The third-order valence-electron chi connectivity index (χ3n) is 3.81. The normalized spacial score (nSPS) is 20.9. The molecule has 3 nitrogen and oxygen atoms in total. The van der Waals surface area contributed by atoms with Gasteiger partial charge >= 0.3 is 0 Å². The molecule has 104 valence electrons. The maximum atomic E-state index is 11.9. The van der Waals surface area contributed by atoms with E-state index in [1.807, 2.05) is 11.9 Å². The molecule has 1 N–H and O–H groups in total. The average molecular weight is 260 g/mol. The molecule has 0 aromatic heterocycles. The predicted molar refractivity (Wildman–Crippen MR) is 78.1 cm³/mol. The molecule has 1 aliphatic heterocycles. The number of amides is 1. The second-order valence-corrected chi connectivity index (χ2v) is 5.87. The third-order valence-corrected chi connectivity index (χ3v) is 3.81. The van der Waals surface area contributed by atoms with Gasteiger partial charge in [0.1, 0.15) is 0 Å². The molecule has 1 aromatic rings. The number of rotatable bonds is 4. The monoisotopic (exact) mass is 260 g/mol. The van der Waals surface area contributed by atoms with Gasteiger partial charge in [0.05, 0.1) is 0 Å². The predicted octanol–water partition coefficient (Wildman–Crippen LogP) is 2.43. The van der Waals surface area contributed by atoms with Crippen LogP contribution in [0.2, 0.25) is 0 Å². The van der Waals surface area contributed by atoms with Gasteiger partial charge in [-0.25, -0.2) is 0 Å². The molecule has 1 fully saturated rings. The summed E-state index contributed by atoms with van der Waals surface area (Å²) in [7, 11) is 1.96. The van der Waals surface area contributed by atoms with E-state index in [2.05, 4.69) is 44.3 Å². The summed E-state index contributed by atoms with van der Waals surface area (Å²) in [6, 6.07) is 6.81. The van der Waals surface area contributed by atoms with E-state index in [9.17, 15) is 4.79 Å². The second kappa shape index (κ2) is 5.74. The minimum atomic E-state index is 0.216. The highest BCUT2D eigenvalue weighted by Crippen LogP contribution is 2.22. The first-order chi connectivity index (χ1) is 8.99. The van der Waals surface area contributed by atoms with Gasteiger partial charge in [-0.3, -0.25) is 4.79 Å². The minimum Gasteiger partial charge on any atom is -0.340 e. The van der Waals surface area contributed by atoms with Crippen LogP contribution < -0.4 is 5.32 Å². The Balaban J connectivity index is 2.14. The Morgan fingerprint density at radius 1 is 1.32 bits per heavy atom. The van der Waals surface area contributed by atoms with Crippen LogP contribution in [-0.2, 0) is 4.79 Å². The van der Waals surface area contributed by atoms with Crippen molar-refractivity contribution in [1.29, 1.82) is 0 Å². The molecule has 1 aromatic carbocycles. The number of nitrogens with zero attached hydrogens (tertiary/aromatic N) is 1. The van der Waals surface area contributed by atoms with E-state index in [-0.39, 0.29) is 11.9 Å².